The molecule has 1 aliphatic heterocycles. The van der Waals surface area contributed by atoms with E-state index in [-0.39, 0.29) is 11.6 Å². The molecule has 0 spiro atoms. The molecule has 134 valence electrons. The van der Waals surface area contributed by atoms with Gasteiger partial charge in [0.15, 0.2) is 5.82 Å². The lowest BCUT2D eigenvalue weighted by molar-refractivity contribution is 0.627. The molecule has 4 nitrogen and oxygen atoms in total. The van der Waals surface area contributed by atoms with E-state index in [4.69, 9.17) is 0 Å². The molecule has 2 aromatic carbocycles. The summed E-state index contributed by atoms with van der Waals surface area (Å²) in [7, 11) is 0. The number of nitrogens with one attached hydrogen (secondary N) is 1. The van der Waals surface area contributed by atoms with E-state index in [2.05, 4.69) is 25.9 Å². The minimum Gasteiger partial charge on any atom is -0.351 e. The van der Waals surface area contributed by atoms with Gasteiger partial charge in [0.1, 0.15) is 29.0 Å². The number of halogens is 2. The summed E-state index contributed by atoms with van der Waals surface area (Å²) in [4.78, 5) is 14.3. The first kappa shape index (κ1) is 15.9. The number of rotatable bonds is 2. The molecule has 0 fully saturated rings. The quantitative estimate of drug-likeness (QED) is 0.563. The summed E-state index contributed by atoms with van der Waals surface area (Å²) in [6.07, 6.45) is 4.51. The van der Waals surface area contributed by atoms with Crippen LogP contribution in [0.5, 0.6) is 0 Å². The fraction of sp³-hybridized carbons (Fsp3) is 0.143. The highest BCUT2D eigenvalue weighted by atomic mass is 19.1. The van der Waals surface area contributed by atoms with Crippen LogP contribution in [0.4, 0.5) is 14.6 Å². The van der Waals surface area contributed by atoms with E-state index in [1.165, 1.54) is 36.2 Å². The first-order chi connectivity index (χ1) is 13.2. The second-order valence-electron chi connectivity index (χ2n) is 6.67. The second-order valence-corrected chi connectivity index (χ2v) is 6.67. The molecule has 27 heavy (non-hydrogen) atoms. The Morgan fingerprint density at radius 2 is 1.78 bits per heavy atom. The zero-order chi connectivity index (χ0) is 18.4. The third-order valence-electron chi connectivity index (χ3n) is 5.05. The van der Waals surface area contributed by atoms with Crippen LogP contribution in [-0.4, -0.2) is 28.0 Å². The van der Waals surface area contributed by atoms with Crippen molar-refractivity contribution in [3.05, 3.63) is 72.1 Å². The summed E-state index contributed by atoms with van der Waals surface area (Å²) in [6, 6.07) is 11.2. The van der Waals surface area contributed by atoms with Crippen LogP contribution < -0.4 is 4.90 Å². The Labute approximate surface area is 154 Å². The van der Waals surface area contributed by atoms with Crippen LogP contribution in [0.25, 0.3) is 27.5 Å². The zero-order valence-corrected chi connectivity index (χ0v) is 14.4. The Balaban J connectivity index is 1.51. The van der Waals surface area contributed by atoms with Crippen molar-refractivity contribution >= 4 is 33.3 Å². The molecule has 0 bridgehead atoms. The first-order valence-electron chi connectivity index (χ1n) is 8.81. The topological polar surface area (TPSA) is 44.8 Å². The van der Waals surface area contributed by atoms with Gasteiger partial charge >= 0.3 is 0 Å². The molecule has 1 N–H and O–H groups in total. The van der Waals surface area contributed by atoms with Crippen molar-refractivity contribution in [3.8, 4) is 0 Å². The summed E-state index contributed by atoms with van der Waals surface area (Å²) in [6.45, 7) is 1.49. The van der Waals surface area contributed by atoms with Gasteiger partial charge in [-0.25, -0.2) is 18.7 Å². The smallest absolute Gasteiger partial charge is 0.156 e. The molecule has 0 atom stereocenters. The molecule has 0 aliphatic carbocycles. The standard InChI is InChI=1S/C21H16F2N4/c22-15-3-1-13(2-4-15)14-7-9-27(10-8-14)21-20-19(24-12-25-21)17-11-16(23)5-6-18(17)26-20/h1-7,11-12,26H,8-10H2. The fourth-order valence-corrected chi connectivity index (χ4v) is 3.68. The van der Waals surface area contributed by atoms with E-state index in [1.807, 2.05) is 12.1 Å². The Morgan fingerprint density at radius 1 is 0.963 bits per heavy atom. The molecule has 0 unspecified atom stereocenters. The van der Waals surface area contributed by atoms with Gasteiger partial charge < -0.3 is 9.88 Å². The van der Waals surface area contributed by atoms with Gasteiger partial charge in [-0.1, -0.05) is 18.2 Å². The van der Waals surface area contributed by atoms with Crippen LogP contribution in [0.3, 0.4) is 0 Å². The average Bonchev–Trinajstić information content (AvgIpc) is 3.07. The molecule has 1 aliphatic rings. The summed E-state index contributed by atoms with van der Waals surface area (Å²) in [5.41, 5.74) is 4.63. The molecule has 5 rings (SSSR count). The van der Waals surface area contributed by atoms with E-state index < -0.39 is 0 Å². The third-order valence-corrected chi connectivity index (χ3v) is 5.05. The molecule has 2 aromatic heterocycles. The molecule has 0 amide bonds. The molecule has 0 saturated heterocycles. The number of fused-ring (bicyclic) bond motifs is 3. The lowest BCUT2D eigenvalue weighted by atomic mass is 9.99. The summed E-state index contributed by atoms with van der Waals surface area (Å²) < 4.78 is 26.8. The minimum absolute atomic E-state index is 0.226. The average molecular weight is 362 g/mol. The van der Waals surface area contributed by atoms with Crippen LogP contribution in [0.15, 0.2) is 54.9 Å². The first-order valence-corrected chi connectivity index (χ1v) is 8.81. The highest BCUT2D eigenvalue weighted by Crippen LogP contribution is 2.32. The van der Waals surface area contributed by atoms with E-state index >= 15 is 0 Å². The number of aromatic amines is 1. The molecular formula is C21H16F2N4. The molecule has 3 heterocycles. The number of H-pyrrole nitrogens is 1. The van der Waals surface area contributed by atoms with Gasteiger partial charge in [0, 0.05) is 24.0 Å². The Morgan fingerprint density at radius 3 is 2.56 bits per heavy atom. The van der Waals surface area contributed by atoms with Gasteiger partial charge in [0.05, 0.1) is 0 Å². The largest absolute Gasteiger partial charge is 0.351 e. The van der Waals surface area contributed by atoms with E-state index in [0.717, 1.165) is 46.3 Å². The predicted octanol–water partition coefficient (Wildman–Crippen LogP) is 4.68. The van der Waals surface area contributed by atoms with Gasteiger partial charge in [-0.2, -0.15) is 0 Å². The molecule has 6 heteroatoms. The number of hydrogen-bond acceptors (Lipinski definition) is 3. The van der Waals surface area contributed by atoms with Crippen molar-refractivity contribution in [1.82, 2.24) is 15.0 Å². The van der Waals surface area contributed by atoms with Crippen LogP contribution >= 0.6 is 0 Å². The summed E-state index contributed by atoms with van der Waals surface area (Å²) >= 11 is 0. The van der Waals surface area contributed by atoms with Crippen molar-refractivity contribution < 1.29 is 8.78 Å². The van der Waals surface area contributed by atoms with Crippen LogP contribution in [0.2, 0.25) is 0 Å². The second kappa shape index (κ2) is 6.16. The lowest BCUT2D eigenvalue weighted by Crippen LogP contribution is -2.29. The fourth-order valence-electron chi connectivity index (χ4n) is 3.68. The molecule has 4 aromatic rings. The van der Waals surface area contributed by atoms with E-state index in [0.29, 0.717) is 6.54 Å². The maximum atomic E-state index is 13.6. The maximum absolute atomic E-state index is 13.6. The summed E-state index contributed by atoms with van der Waals surface area (Å²) in [5, 5.41) is 0.758. The van der Waals surface area contributed by atoms with Gasteiger partial charge in [-0.05, 0) is 47.9 Å². The Bertz CT molecular complexity index is 1180. The highest BCUT2D eigenvalue weighted by Gasteiger charge is 2.19. The number of hydrogen-bond donors (Lipinski definition) is 1. The SMILES string of the molecule is Fc1ccc(C2=CCN(c3ncnc4c3[nH]c3ccc(F)cc34)CC2)cc1. The van der Waals surface area contributed by atoms with Crippen molar-refractivity contribution in [3.63, 3.8) is 0 Å². The normalized spacial score (nSPS) is 14.7. The van der Waals surface area contributed by atoms with Crippen molar-refractivity contribution in [2.75, 3.05) is 18.0 Å². The van der Waals surface area contributed by atoms with Crippen LogP contribution in [-0.2, 0) is 0 Å². The summed E-state index contributed by atoms with van der Waals surface area (Å²) in [5.74, 6) is 0.301. The van der Waals surface area contributed by atoms with Crippen LogP contribution in [0, 0.1) is 11.6 Å². The zero-order valence-electron chi connectivity index (χ0n) is 14.4. The number of benzene rings is 2. The van der Waals surface area contributed by atoms with Gasteiger partial charge in [-0.15, -0.1) is 0 Å². The highest BCUT2D eigenvalue weighted by molar-refractivity contribution is 6.08. The monoisotopic (exact) mass is 362 g/mol. The number of anilines is 1. The van der Waals surface area contributed by atoms with E-state index in [1.54, 1.807) is 6.07 Å². The van der Waals surface area contributed by atoms with Gasteiger partial charge in [-0.3, -0.25) is 0 Å². The Hall–Kier alpha value is -3.28. The van der Waals surface area contributed by atoms with Crippen molar-refractivity contribution in [2.45, 2.75) is 6.42 Å². The van der Waals surface area contributed by atoms with Gasteiger partial charge in [0.2, 0.25) is 0 Å². The maximum Gasteiger partial charge on any atom is 0.156 e. The van der Waals surface area contributed by atoms with E-state index in [9.17, 15) is 8.78 Å². The van der Waals surface area contributed by atoms with Crippen molar-refractivity contribution in [2.24, 2.45) is 0 Å². The van der Waals surface area contributed by atoms with Crippen LogP contribution in [0.1, 0.15) is 12.0 Å². The molecule has 0 saturated carbocycles. The number of aromatic nitrogens is 3. The molecule has 0 radical (unpaired) electrons. The van der Waals surface area contributed by atoms with Crippen molar-refractivity contribution in [1.29, 1.82) is 0 Å². The van der Waals surface area contributed by atoms with Gasteiger partial charge in [0.25, 0.3) is 0 Å². The molecular weight excluding hydrogens is 346 g/mol. The third kappa shape index (κ3) is 2.73. The minimum atomic E-state index is -0.284. The predicted molar refractivity (Wildman–Crippen MR) is 103 cm³/mol. The lowest BCUT2D eigenvalue weighted by Gasteiger charge is -2.27. The Kier molecular flexibility index (Phi) is 3.63. The number of nitrogens with zero attached hydrogens (tertiary/aromatic N) is 3.